The van der Waals surface area contributed by atoms with Crippen molar-refractivity contribution in [1.82, 2.24) is 10.2 Å². The van der Waals surface area contributed by atoms with Crippen molar-refractivity contribution in [3.63, 3.8) is 0 Å². The predicted octanol–water partition coefficient (Wildman–Crippen LogP) is 0.853. The zero-order valence-electron chi connectivity index (χ0n) is 14.4. The number of piperazine rings is 1. The van der Waals surface area contributed by atoms with Crippen LogP contribution in [0.15, 0.2) is 24.3 Å². The second-order valence-electron chi connectivity index (χ2n) is 6.40. The number of hydrogen-bond acceptors (Lipinski definition) is 5. The highest BCUT2D eigenvalue weighted by Crippen LogP contribution is 2.20. The van der Waals surface area contributed by atoms with E-state index in [1.54, 1.807) is 4.90 Å². The van der Waals surface area contributed by atoms with Crippen LogP contribution in [0.3, 0.4) is 0 Å². The van der Waals surface area contributed by atoms with Crippen LogP contribution in [0.5, 0.6) is 0 Å². The number of halogens is 1. The normalized spacial score (nSPS) is 20.1. The molecule has 2 aliphatic heterocycles. The summed E-state index contributed by atoms with van der Waals surface area (Å²) in [5.74, 6) is -1.53. The van der Waals surface area contributed by atoms with Crippen LogP contribution in [0.2, 0.25) is 5.02 Å². The van der Waals surface area contributed by atoms with E-state index in [9.17, 15) is 14.4 Å². The zero-order chi connectivity index (χ0) is 18.5. The number of nitrogens with one attached hydrogen (secondary N) is 1. The molecule has 0 saturated carbocycles. The molecule has 2 fully saturated rings. The number of nitrogens with zero attached hydrogens (tertiary/aromatic N) is 2. The number of ether oxygens (including phenoxy) is 1. The van der Waals surface area contributed by atoms with Gasteiger partial charge in [-0.05, 0) is 31.0 Å². The van der Waals surface area contributed by atoms with Gasteiger partial charge in [-0.1, -0.05) is 17.7 Å². The minimum atomic E-state index is -0.747. The molecule has 140 valence electrons. The Morgan fingerprint density at radius 2 is 1.96 bits per heavy atom. The van der Waals surface area contributed by atoms with Gasteiger partial charge in [-0.3, -0.25) is 14.4 Å². The first-order valence-corrected chi connectivity index (χ1v) is 9.14. The third-order valence-corrected chi connectivity index (χ3v) is 4.89. The summed E-state index contributed by atoms with van der Waals surface area (Å²) in [7, 11) is 0. The number of Topliss-reactive ketones (excluding diaryl/α,β-unsaturated/α-hetero) is 1. The molecule has 7 nitrogen and oxygen atoms in total. The highest BCUT2D eigenvalue weighted by atomic mass is 35.5. The summed E-state index contributed by atoms with van der Waals surface area (Å²) in [6, 6.07) is 7.61. The van der Waals surface area contributed by atoms with Gasteiger partial charge in [0, 0.05) is 43.5 Å². The van der Waals surface area contributed by atoms with Gasteiger partial charge in [-0.2, -0.15) is 0 Å². The van der Waals surface area contributed by atoms with Crippen molar-refractivity contribution in [3.8, 4) is 0 Å². The second-order valence-corrected chi connectivity index (χ2v) is 6.83. The van der Waals surface area contributed by atoms with E-state index in [2.05, 4.69) is 10.2 Å². The van der Waals surface area contributed by atoms with E-state index in [0.29, 0.717) is 44.2 Å². The van der Waals surface area contributed by atoms with Crippen molar-refractivity contribution >= 4 is 34.9 Å². The molecule has 3 rings (SSSR count). The van der Waals surface area contributed by atoms with Gasteiger partial charge in [0.25, 0.3) is 5.91 Å². The van der Waals surface area contributed by atoms with Crippen molar-refractivity contribution in [2.75, 3.05) is 44.2 Å². The molecule has 2 aliphatic rings. The average Bonchev–Trinajstić information content (AvgIpc) is 3.20. The molecule has 1 atom stereocenters. The lowest BCUT2D eigenvalue weighted by Crippen LogP contribution is -2.52. The topological polar surface area (TPSA) is 79.0 Å². The van der Waals surface area contributed by atoms with Crippen LogP contribution in [0.4, 0.5) is 5.69 Å². The Hall–Kier alpha value is -2.12. The minimum absolute atomic E-state index is 0.172. The molecule has 2 saturated heterocycles. The van der Waals surface area contributed by atoms with Crippen LogP contribution >= 0.6 is 11.6 Å². The van der Waals surface area contributed by atoms with Crippen LogP contribution in [0.25, 0.3) is 0 Å². The largest absolute Gasteiger partial charge is 0.370 e. The number of rotatable bonds is 5. The molecule has 8 heteroatoms. The molecule has 0 aromatic heterocycles. The number of carbonyl (C=O) groups is 3. The standard InChI is InChI=1S/C18H22ClN3O4/c19-13-3-1-4-14(11-13)21-6-8-22(9-7-21)16(23)12-20-18(25)17(24)15-5-2-10-26-15/h1,3-4,11,15H,2,5-10,12H2,(H,20,25). The Labute approximate surface area is 157 Å². The van der Waals surface area contributed by atoms with E-state index < -0.39 is 17.8 Å². The molecular weight excluding hydrogens is 358 g/mol. The molecule has 2 heterocycles. The summed E-state index contributed by atoms with van der Waals surface area (Å²) < 4.78 is 5.20. The SMILES string of the molecule is O=C(NCC(=O)N1CCN(c2cccc(Cl)c2)CC1)C(=O)C1CCCO1. The molecule has 0 spiro atoms. The number of amides is 2. The highest BCUT2D eigenvalue weighted by Gasteiger charge is 2.29. The van der Waals surface area contributed by atoms with Crippen LogP contribution in [0.1, 0.15) is 12.8 Å². The molecule has 0 aliphatic carbocycles. The molecule has 2 amide bonds. The van der Waals surface area contributed by atoms with Gasteiger partial charge in [0.1, 0.15) is 6.10 Å². The van der Waals surface area contributed by atoms with Gasteiger partial charge < -0.3 is 19.9 Å². The Morgan fingerprint density at radius 3 is 2.62 bits per heavy atom. The van der Waals surface area contributed by atoms with Crippen LogP contribution in [-0.4, -0.2) is 67.9 Å². The van der Waals surface area contributed by atoms with E-state index in [-0.39, 0.29) is 12.5 Å². The molecule has 1 N–H and O–H groups in total. The fourth-order valence-electron chi connectivity index (χ4n) is 3.17. The lowest BCUT2D eigenvalue weighted by Gasteiger charge is -2.36. The molecule has 26 heavy (non-hydrogen) atoms. The van der Waals surface area contributed by atoms with Gasteiger partial charge in [-0.25, -0.2) is 0 Å². The van der Waals surface area contributed by atoms with Crippen LogP contribution in [0, 0.1) is 0 Å². The number of anilines is 1. The number of hydrogen-bond donors (Lipinski definition) is 1. The smallest absolute Gasteiger partial charge is 0.290 e. The molecule has 1 unspecified atom stereocenters. The van der Waals surface area contributed by atoms with Gasteiger partial charge in [0.05, 0.1) is 6.54 Å². The third kappa shape index (κ3) is 4.53. The highest BCUT2D eigenvalue weighted by molar-refractivity contribution is 6.38. The van der Waals surface area contributed by atoms with Gasteiger partial charge >= 0.3 is 0 Å². The van der Waals surface area contributed by atoms with E-state index >= 15 is 0 Å². The van der Waals surface area contributed by atoms with Crippen molar-refractivity contribution in [2.45, 2.75) is 18.9 Å². The van der Waals surface area contributed by atoms with Gasteiger partial charge in [-0.15, -0.1) is 0 Å². The lowest BCUT2D eigenvalue weighted by molar-refractivity contribution is -0.144. The summed E-state index contributed by atoms with van der Waals surface area (Å²) in [5, 5.41) is 3.10. The summed E-state index contributed by atoms with van der Waals surface area (Å²) in [6.45, 7) is 2.82. The maximum Gasteiger partial charge on any atom is 0.290 e. The van der Waals surface area contributed by atoms with Crippen molar-refractivity contribution in [3.05, 3.63) is 29.3 Å². The van der Waals surface area contributed by atoms with E-state index in [4.69, 9.17) is 16.3 Å². The summed E-state index contributed by atoms with van der Waals surface area (Å²) in [6.07, 6.45) is 0.678. The molecule has 1 aromatic rings. The maximum atomic E-state index is 12.3. The van der Waals surface area contributed by atoms with Gasteiger partial charge in [0.15, 0.2) is 0 Å². The van der Waals surface area contributed by atoms with Crippen molar-refractivity contribution < 1.29 is 19.1 Å². The molecular formula is C18H22ClN3O4. The summed E-state index contributed by atoms with van der Waals surface area (Å²) in [4.78, 5) is 39.9. The quantitative estimate of drug-likeness (QED) is 0.767. The van der Waals surface area contributed by atoms with Crippen molar-refractivity contribution in [2.24, 2.45) is 0 Å². The minimum Gasteiger partial charge on any atom is -0.370 e. The fraction of sp³-hybridized carbons (Fsp3) is 0.500. The maximum absolute atomic E-state index is 12.3. The monoisotopic (exact) mass is 379 g/mol. The first-order valence-electron chi connectivity index (χ1n) is 8.76. The summed E-state index contributed by atoms with van der Waals surface area (Å²) >= 11 is 6.02. The number of ketones is 1. The predicted molar refractivity (Wildman–Crippen MR) is 97.2 cm³/mol. The third-order valence-electron chi connectivity index (χ3n) is 4.65. The fourth-order valence-corrected chi connectivity index (χ4v) is 3.36. The Morgan fingerprint density at radius 1 is 1.19 bits per heavy atom. The Kier molecular flexibility index (Phi) is 6.11. The first-order chi connectivity index (χ1) is 12.5. The van der Waals surface area contributed by atoms with E-state index in [1.165, 1.54) is 0 Å². The Bertz CT molecular complexity index is 683. The van der Waals surface area contributed by atoms with Crippen molar-refractivity contribution in [1.29, 1.82) is 0 Å². The lowest BCUT2D eigenvalue weighted by atomic mass is 10.1. The first kappa shape index (κ1) is 18.7. The molecule has 1 aromatic carbocycles. The molecule has 0 bridgehead atoms. The summed E-state index contributed by atoms with van der Waals surface area (Å²) in [5.41, 5.74) is 1.03. The second kappa shape index (κ2) is 8.51. The van der Waals surface area contributed by atoms with E-state index in [1.807, 2.05) is 24.3 Å². The van der Waals surface area contributed by atoms with Gasteiger partial charge in [0.2, 0.25) is 11.7 Å². The van der Waals surface area contributed by atoms with Crippen LogP contribution < -0.4 is 10.2 Å². The average molecular weight is 380 g/mol. The molecule has 0 radical (unpaired) electrons. The Balaban J connectivity index is 1.43. The van der Waals surface area contributed by atoms with Crippen LogP contribution in [-0.2, 0) is 19.1 Å². The zero-order valence-corrected chi connectivity index (χ0v) is 15.2. The van der Waals surface area contributed by atoms with E-state index in [0.717, 1.165) is 12.1 Å². The number of benzene rings is 1. The number of carbonyl (C=O) groups excluding carboxylic acids is 3.